The largest absolute Gasteiger partial charge is 0.444 e. The minimum absolute atomic E-state index is 0.0263. The number of methoxy groups -OCH3 is 2. The lowest BCUT2D eigenvalue weighted by atomic mass is 9.89. The molecule has 12 amide bonds. The summed E-state index contributed by atoms with van der Waals surface area (Å²) in [5.41, 5.74) is 8.85. The van der Waals surface area contributed by atoms with E-state index in [0.29, 0.717) is 75.0 Å². The van der Waals surface area contributed by atoms with Gasteiger partial charge in [-0.2, -0.15) is 0 Å². The maximum atomic E-state index is 14.9. The zero-order valence-corrected chi connectivity index (χ0v) is 65.6. The lowest BCUT2D eigenvalue weighted by Gasteiger charge is -2.41. The molecule has 1 aromatic heterocycles. The molecule has 4 aromatic rings. The van der Waals surface area contributed by atoms with Gasteiger partial charge < -0.3 is 61.6 Å². The number of unbranched alkanes of at least 4 members (excludes halogenated alkanes) is 2. The Bertz CT molecular complexity index is 3580. The Morgan fingerprint density at radius 3 is 1.97 bits per heavy atom. The summed E-state index contributed by atoms with van der Waals surface area (Å²) in [6.45, 7) is 18.4. The molecule has 11 atom stereocenters. The van der Waals surface area contributed by atoms with Gasteiger partial charge in [0, 0.05) is 96.0 Å². The molecule has 27 nitrogen and oxygen atoms in total. The fourth-order valence-corrected chi connectivity index (χ4v) is 14.5. The third-order valence-corrected chi connectivity index (χ3v) is 21.1. The van der Waals surface area contributed by atoms with Gasteiger partial charge in [0.25, 0.3) is 11.8 Å². The highest BCUT2D eigenvalue weighted by Crippen LogP contribution is 2.32. The SMILES string of the molecule is CC[C@H](C)[C@@H]([C@@H](CC(=O)N1CCC[C@H]1[C@H](OC)[C@@H](C)C(=O)N[C@@H](Cc1ccccc1)c1nccs1)OC)N(C)C(=O)[C@@H](NC(=O)[C@H](C(C)C)N(C)CCc1ccc(N(C)C(=O)OCc2ccc(NC(=O)[C@H](CCCNC(N)=O)NC(=O)[C@@H](NC(=O)CCCCCN3C(=O)C=CC3=O)C(C)C)cc2)cc1)C(C)C. The summed E-state index contributed by atoms with van der Waals surface area (Å²) in [7, 11) is 8.33. The number of benzene rings is 3. The Kier molecular flexibility index (Phi) is 34.9. The summed E-state index contributed by atoms with van der Waals surface area (Å²) >= 11 is 1.48. The van der Waals surface area contributed by atoms with Crippen LogP contribution in [0.25, 0.3) is 0 Å². The molecule has 1 saturated heterocycles. The second-order valence-electron chi connectivity index (χ2n) is 29.1. The van der Waals surface area contributed by atoms with E-state index in [-0.39, 0.29) is 122 Å². The van der Waals surface area contributed by atoms with Crippen molar-refractivity contribution in [3.8, 4) is 0 Å². The molecule has 8 N–H and O–H groups in total. The molecule has 0 unspecified atom stereocenters. The first kappa shape index (κ1) is 86.8. The van der Waals surface area contributed by atoms with Crippen molar-refractivity contribution in [2.75, 3.05) is 71.8 Å². The van der Waals surface area contributed by atoms with Crippen LogP contribution >= 0.6 is 11.3 Å². The standard InChI is InChI=1S/C79H115N13O14S/c1-15-52(8)70(62(104-13)47-66(96)91-43-23-27-61(91)71(105-14)53(9)72(97)85-60(76-81-41-45-107-76)46-55-24-18-16-19-25-55)90(12)77(101)68(50(4)5)87-75(100)69(51(6)7)88(10)44-39-54-31-35-58(36-32-54)89(11)79(103)106-48-56-29-33-57(34-30-56)83-73(98)59(26-22-40-82-78(80)102)84-74(99)67(49(2)3)86-63(93)28-20-17-21-42-92-64(94)37-38-65(92)95/h16,18-19,24-25,29-38,41,45,49-53,59-62,67-71H,15,17,20-23,26-28,39-40,42-44,46-48H2,1-14H3,(H,83,98)(H,84,99)(H,85,97)(H,86,93)(H,87,100)(H3,80,82,102)/t52-,53+,59-,60-,61-,62+,67-,68-,69-,70-,71+/m0/s1. The first-order valence-electron chi connectivity index (χ1n) is 37.4. The number of carbonyl (C=O) groups is 11. The average molecular weight is 1500 g/mol. The van der Waals surface area contributed by atoms with E-state index < -0.39 is 72.3 Å². The van der Waals surface area contributed by atoms with Gasteiger partial charge in [-0.3, -0.25) is 57.9 Å². The summed E-state index contributed by atoms with van der Waals surface area (Å²) in [6, 6.07) is 18.4. The second-order valence-corrected chi connectivity index (χ2v) is 30.0. The number of hydrogen-bond acceptors (Lipinski definition) is 17. The van der Waals surface area contributed by atoms with Crippen molar-refractivity contribution < 1.29 is 67.0 Å². The average Bonchev–Trinajstić information content (AvgIpc) is 1.68. The van der Waals surface area contributed by atoms with E-state index in [0.717, 1.165) is 27.5 Å². The molecule has 2 aliphatic rings. The highest BCUT2D eigenvalue weighted by Gasteiger charge is 2.44. The van der Waals surface area contributed by atoms with Crippen LogP contribution in [0.5, 0.6) is 0 Å². The Hall–Kier alpha value is -9.12. The third-order valence-electron chi connectivity index (χ3n) is 20.2. The number of rotatable bonds is 43. The molecule has 586 valence electrons. The van der Waals surface area contributed by atoms with Crippen LogP contribution in [0.4, 0.5) is 21.0 Å². The zero-order valence-electron chi connectivity index (χ0n) is 64.8. The van der Waals surface area contributed by atoms with Crippen LogP contribution in [-0.4, -0.2) is 200 Å². The van der Waals surface area contributed by atoms with Crippen molar-refractivity contribution in [2.24, 2.45) is 35.3 Å². The molecule has 3 heterocycles. The number of anilines is 2. The normalized spacial score (nSPS) is 16.4. The molecule has 1 fully saturated rings. The van der Waals surface area contributed by atoms with Crippen LogP contribution in [0.1, 0.15) is 154 Å². The van der Waals surface area contributed by atoms with Crippen molar-refractivity contribution >= 4 is 88.0 Å². The van der Waals surface area contributed by atoms with Crippen molar-refractivity contribution in [2.45, 2.75) is 200 Å². The van der Waals surface area contributed by atoms with E-state index in [1.54, 1.807) is 77.5 Å². The van der Waals surface area contributed by atoms with Gasteiger partial charge in [0.05, 0.1) is 48.7 Å². The third kappa shape index (κ3) is 25.8. The number of carbonyl (C=O) groups excluding carboxylic acids is 11. The molecular formula is C79H115N13O14S. The van der Waals surface area contributed by atoms with Gasteiger partial charge in [0.15, 0.2) is 0 Å². The van der Waals surface area contributed by atoms with Gasteiger partial charge in [0.1, 0.15) is 29.7 Å². The summed E-state index contributed by atoms with van der Waals surface area (Å²) < 4.78 is 18.0. The van der Waals surface area contributed by atoms with E-state index >= 15 is 0 Å². The number of hydrogen-bond donors (Lipinski definition) is 7. The fraction of sp³-hybridized carbons (Fsp3) is 0.570. The molecule has 0 bridgehead atoms. The predicted octanol–water partition coefficient (Wildman–Crippen LogP) is 8.07. The number of nitrogens with one attached hydrogen (secondary N) is 6. The van der Waals surface area contributed by atoms with Gasteiger partial charge in [0.2, 0.25) is 41.4 Å². The van der Waals surface area contributed by atoms with Crippen molar-refractivity contribution in [3.63, 3.8) is 0 Å². The highest BCUT2D eigenvalue weighted by atomic mass is 32.1. The van der Waals surface area contributed by atoms with Crippen molar-refractivity contribution in [1.82, 2.24) is 51.2 Å². The Balaban J connectivity index is 0.989. The van der Waals surface area contributed by atoms with Crippen LogP contribution in [0.2, 0.25) is 0 Å². The van der Waals surface area contributed by atoms with Gasteiger partial charge in [-0.15, -0.1) is 11.3 Å². The number of amides is 12. The number of thiazole rings is 1. The smallest absolute Gasteiger partial charge is 0.414 e. The van der Waals surface area contributed by atoms with Crippen LogP contribution in [0.3, 0.4) is 0 Å². The van der Waals surface area contributed by atoms with E-state index in [2.05, 4.69) is 36.9 Å². The maximum absolute atomic E-state index is 14.9. The van der Waals surface area contributed by atoms with Crippen LogP contribution < -0.4 is 42.5 Å². The van der Waals surface area contributed by atoms with Gasteiger partial charge in [-0.25, -0.2) is 14.6 Å². The number of ether oxygens (including phenoxy) is 3. The molecule has 28 heteroatoms. The van der Waals surface area contributed by atoms with E-state index in [9.17, 15) is 52.7 Å². The molecule has 2 aliphatic heterocycles. The molecular weight excluding hydrogens is 1390 g/mol. The molecule has 0 radical (unpaired) electrons. The van der Waals surface area contributed by atoms with Gasteiger partial charge in [-0.1, -0.05) is 130 Å². The van der Waals surface area contributed by atoms with Gasteiger partial charge in [-0.05, 0) is 123 Å². The number of primary amides is 1. The minimum atomic E-state index is -1.08. The Morgan fingerprint density at radius 2 is 1.37 bits per heavy atom. The monoisotopic (exact) mass is 1500 g/mol. The number of likely N-dealkylation sites (N-methyl/N-ethyl adjacent to an activating group) is 2. The maximum Gasteiger partial charge on any atom is 0.414 e. The van der Waals surface area contributed by atoms with Crippen molar-refractivity contribution in [1.29, 1.82) is 0 Å². The Labute approximate surface area is 634 Å². The first-order chi connectivity index (χ1) is 51.0. The minimum Gasteiger partial charge on any atom is -0.444 e. The van der Waals surface area contributed by atoms with Gasteiger partial charge >= 0.3 is 12.1 Å². The van der Waals surface area contributed by atoms with Crippen molar-refractivity contribution in [3.05, 3.63) is 124 Å². The molecule has 3 aromatic carbocycles. The number of nitrogens with zero attached hydrogens (tertiary/aromatic N) is 6. The fourth-order valence-electron chi connectivity index (χ4n) is 13.9. The quantitative estimate of drug-likeness (QED) is 0.0163. The molecule has 0 spiro atoms. The lowest BCUT2D eigenvalue weighted by molar-refractivity contribution is -0.148. The second kappa shape index (κ2) is 43.0. The van der Waals surface area contributed by atoms with Crippen LogP contribution in [0.15, 0.2) is 103 Å². The lowest BCUT2D eigenvalue weighted by Crippen LogP contribution is -2.60. The van der Waals surface area contributed by atoms with E-state index in [1.807, 2.05) is 125 Å². The highest BCUT2D eigenvalue weighted by molar-refractivity contribution is 7.09. The first-order valence-corrected chi connectivity index (χ1v) is 38.3. The molecule has 0 aliphatic carbocycles. The summed E-state index contributed by atoms with van der Waals surface area (Å²) in [6.07, 6.45) is 7.42. The number of nitrogens with two attached hydrogens (primary N) is 1. The summed E-state index contributed by atoms with van der Waals surface area (Å²) in [5, 5.41) is 19.9. The van der Waals surface area contributed by atoms with E-state index in [4.69, 9.17) is 19.9 Å². The number of aromatic nitrogens is 1. The molecule has 0 saturated carbocycles. The summed E-state index contributed by atoms with van der Waals surface area (Å²) in [4.78, 5) is 160. The van der Waals surface area contributed by atoms with E-state index in [1.165, 1.54) is 28.4 Å². The topological polar surface area (TPSA) is 343 Å². The number of likely N-dealkylation sites (tertiary alicyclic amines) is 1. The summed E-state index contributed by atoms with van der Waals surface area (Å²) in [5.74, 6) is -4.72. The zero-order chi connectivity index (χ0) is 78.6. The Morgan fingerprint density at radius 1 is 0.710 bits per heavy atom. The number of urea groups is 1. The predicted molar refractivity (Wildman–Crippen MR) is 411 cm³/mol. The van der Waals surface area contributed by atoms with Crippen LogP contribution in [-0.2, 0) is 76.8 Å². The molecule has 6 rings (SSSR count). The molecule has 107 heavy (non-hydrogen) atoms. The van der Waals surface area contributed by atoms with Crippen LogP contribution in [0, 0.1) is 29.6 Å². The number of imide groups is 1.